The highest BCUT2D eigenvalue weighted by Gasteiger charge is 2.21. The first-order valence-corrected chi connectivity index (χ1v) is 7.71. The van der Waals surface area contributed by atoms with Gasteiger partial charge in [-0.2, -0.15) is 0 Å². The SMILES string of the molecule is CCCC1CCN(Cc2ccc(/C=C/C(=O)O)s2)C1. The average Bonchev–Trinajstić information content (AvgIpc) is 2.98. The Labute approximate surface area is 118 Å². The number of carboxylic acids is 1. The largest absolute Gasteiger partial charge is 0.478 e. The third-order valence-corrected chi connectivity index (χ3v) is 4.55. The summed E-state index contributed by atoms with van der Waals surface area (Å²) in [6.07, 6.45) is 6.81. The first-order chi connectivity index (χ1) is 9.17. The van der Waals surface area contributed by atoms with Crippen molar-refractivity contribution in [3.05, 3.63) is 28.0 Å². The zero-order valence-corrected chi connectivity index (χ0v) is 12.2. The maximum atomic E-state index is 10.5. The molecule has 1 fully saturated rings. The summed E-state index contributed by atoms with van der Waals surface area (Å²) in [7, 11) is 0. The highest BCUT2D eigenvalue weighted by Crippen LogP contribution is 2.25. The summed E-state index contributed by atoms with van der Waals surface area (Å²) in [5, 5.41) is 8.60. The summed E-state index contributed by atoms with van der Waals surface area (Å²) >= 11 is 1.68. The van der Waals surface area contributed by atoms with E-state index in [1.165, 1.54) is 43.3 Å². The van der Waals surface area contributed by atoms with Gasteiger partial charge in [-0.25, -0.2) is 4.79 Å². The molecule has 104 valence electrons. The van der Waals surface area contributed by atoms with Crippen molar-refractivity contribution in [1.29, 1.82) is 0 Å². The van der Waals surface area contributed by atoms with Gasteiger partial charge in [-0.1, -0.05) is 13.3 Å². The molecule has 0 amide bonds. The number of nitrogens with zero attached hydrogens (tertiary/aromatic N) is 1. The van der Waals surface area contributed by atoms with Crippen molar-refractivity contribution in [2.24, 2.45) is 5.92 Å². The van der Waals surface area contributed by atoms with Crippen molar-refractivity contribution in [2.75, 3.05) is 13.1 Å². The fourth-order valence-corrected chi connectivity index (χ4v) is 3.60. The summed E-state index contributed by atoms with van der Waals surface area (Å²) < 4.78 is 0. The lowest BCUT2D eigenvalue weighted by molar-refractivity contribution is -0.131. The van der Waals surface area contributed by atoms with Crippen LogP contribution in [0.4, 0.5) is 0 Å². The van der Waals surface area contributed by atoms with Crippen molar-refractivity contribution in [3.63, 3.8) is 0 Å². The van der Waals surface area contributed by atoms with E-state index in [4.69, 9.17) is 5.11 Å². The standard InChI is InChI=1S/C15H21NO2S/c1-2-3-12-8-9-16(10-12)11-14-5-4-13(19-14)6-7-15(17)18/h4-7,12H,2-3,8-11H2,1H3,(H,17,18)/b7-6+. The maximum absolute atomic E-state index is 10.5. The van der Waals surface area contributed by atoms with E-state index >= 15 is 0 Å². The second kappa shape index (κ2) is 6.87. The van der Waals surface area contributed by atoms with E-state index in [1.807, 2.05) is 6.07 Å². The van der Waals surface area contributed by atoms with Crippen LogP contribution in [0.2, 0.25) is 0 Å². The molecule has 1 atom stereocenters. The zero-order chi connectivity index (χ0) is 13.7. The lowest BCUT2D eigenvalue weighted by Crippen LogP contribution is -2.19. The van der Waals surface area contributed by atoms with Crippen molar-refractivity contribution in [3.8, 4) is 0 Å². The minimum Gasteiger partial charge on any atom is -0.478 e. The van der Waals surface area contributed by atoms with Crippen LogP contribution in [-0.4, -0.2) is 29.1 Å². The van der Waals surface area contributed by atoms with Crippen LogP contribution in [0.25, 0.3) is 6.08 Å². The summed E-state index contributed by atoms with van der Waals surface area (Å²) in [5.74, 6) is -0.0201. The van der Waals surface area contributed by atoms with Gasteiger partial charge in [0.1, 0.15) is 0 Å². The molecular formula is C15H21NO2S. The molecule has 1 aromatic heterocycles. The Morgan fingerprint density at radius 2 is 2.42 bits per heavy atom. The van der Waals surface area contributed by atoms with Gasteiger partial charge < -0.3 is 5.11 Å². The molecule has 0 bridgehead atoms. The molecular weight excluding hydrogens is 258 g/mol. The summed E-state index contributed by atoms with van der Waals surface area (Å²) in [4.78, 5) is 15.3. The van der Waals surface area contributed by atoms with Crippen LogP contribution in [0.1, 0.15) is 35.9 Å². The Morgan fingerprint density at radius 3 is 3.16 bits per heavy atom. The minimum absolute atomic E-state index is 0.872. The molecule has 0 aromatic carbocycles. The van der Waals surface area contributed by atoms with Gasteiger partial charge >= 0.3 is 5.97 Å². The number of aliphatic carboxylic acids is 1. The molecule has 0 spiro atoms. The lowest BCUT2D eigenvalue weighted by atomic mass is 10.0. The predicted molar refractivity (Wildman–Crippen MR) is 79.3 cm³/mol. The Hall–Kier alpha value is -1.13. The molecule has 1 aliphatic heterocycles. The quantitative estimate of drug-likeness (QED) is 0.811. The number of rotatable bonds is 6. The monoisotopic (exact) mass is 279 g/mol. The molecule has 1 N–H and O–H groups in total. The molecule has 2 rings (SSSR count). The van der Waals surface area contributed by atoms with Crippen molar-refractivity contribution < 1.29 is 9.90 Å². The van der Waals surface area contributed by atoms with Crippen molar-refractivity contribution in [1.82, 2.24) is 4.90 Å². The smallest absolute Gasteiger partial charge is 0.328 e. The van der Waals surface area contributed by atoms with E-state index < -0.39 is 5.97 Å². The first kappa shape index (κ1) is 14.3. The van der Waals surface area contributed by atoms with Crippen LogP contribution < -0.4 is 0 Å². The van der Waals surface area contributed by atoms with Crippen LogP contribution in [0.15, 0.2) is 18.2 Å². The normalized spacial score (nSPS) is 20.4. The van der Waals surface area contributed by atoms with E-state index in [1.54, 1.807) is 17.4 Å². The van der Waals surface area contributed by atoms with E-state index in [2.05, 4.69) is 17.9 Å². The number of hydrogen-bond donors (Lipinski definition) is 1. The van der Waals surface area contributed by atoms with Crippen LogP contribution in [0, 0.1) is 5.92 Å². The summed E-state index contributed by atoms with van der Waals surface area (Å²) in [5.41, 5.74) is 0. The van der Waals surface area contributed by atoms with Gasteiger partial charge in [0.25, 0.3) is 0 Å². The molecule has 0 saturated carbocycles. The second-order valence-corrected chi connectivity index (χ2v) is 6.35. The van der Waals surface area contributed by atoms with Crippen LogP contribution in [0.5, 0.6) is 0 Å². The fraction of sp³-hybridized carbons (Fsp3) is 0.533. The molecule has 3 nitrogen and oxygen atoms in total. The molecule has 2 heterocycles. The Bertz CT molecular complexity index is 453. The van der Waals surface area contributed by atoms with Crippen LogP contribution in [-0.2, 0) is 11.3 Å². The molecule has 1 aromatic rings. The number of carbonyl (C=O) groups is 1. The number of carboxylic acid groups (broad SMARTS) is 1. The van der Waals surface area contributed by atoms with Gasteiger partial charge in [-0.15, -0.1) is 11.3 Å². The van der Waals surface area contributed by atoms with Crippen molar-refractivity contribution in [2.45, 2.75) is 32.7 Å². The number of hydrogen-bond acceptors (Lipinski definition) is 3. The van der Waals surface area contributed by atoms with Gasteiger partial charge in [-0.05, 0) is 43.5 Å². The molecule has 1 saturated heterocycles. The second-order valence-electron chi connectivity index (χ2n) is 5.15. The van der Waals surface area contributed by atoms with Gasteiger partial charge in [0, 0.05) is 28.9 Å². The average molecular weight is 279 g/mol. The lowest BCUT2D eigenvalue weighted by Gasteiger charge is -2.14. The van der Waals surface area contributed by atoms with E-state index in [-0.39, 0.29) is 0 Å². The van der Waals surface area contributed by atoms with Crippen LogP contribution >= 0.6 is 11.3 Å². The van der Waals surface area contributed by atoms with E-state index in [0.29, 0.717) is 0 Å². The first-order valence-electron chi connectivity index (χ1n) is 6.89. The zero-order valence-electron chi connectivity index (χ0n) is 11.3. The number of likely N-dealkylation sites (tertiary alicyclic amines) is 1. The minimum atomic E-state index is -0.892. The third-order valence-electron chi connectivity index (χ3n) is 3.52. The highest BCUT2D eigenvalue weighted by atomic mass is 32.1. The molecule has 1 unspecified atom stereocenters. The maximum Gasteiger partial charge on any atom is 0.328 e. The number of thiophene rings is 1. The van der Waals surface area contributed by atoms with Crippen LogP contribution in [0.3, 0.4) is 0 Å². The molecule has 0 aliphatic carbocycles. The Kier molecular flexibility index (Phi) is 5.16. The van der Waals surface area contributed by atoms with Gasteiger partial charge in [0.2, 0.25) is 0 Å². The summed E-state index contributed by atoms with van der Waals surface area (Å²) in [6, 6.07) is 4.11. The molecule has 4 heteroatoms. The molecule has 1 aliphatic rings. The summed E-state index contributed by atoms with van der Waals surface area (Å²) in [6.45, 7) is 5.67. The molecule has 19 heavy (non-hydrogen) atoms. The van der Waals surface area contributed by atoms with Gasteiger partial charge in [0.15, 0.2) is 0 Å². The highest BCUT2D eigenvalue weighted by molar-refractivity contribution is 7.12. The van der Waals surface area contributed by atoms with Gasteiger partial charge in [0.05, 0.1) is 0 Å². The fourth-order valence-electron chi connectivity index (χ4n) is 2.64. The predicted octanol–water partition coefficient (Wildman–Crippen LogP) is 3.47. The van der Waals surface area contributed by atoms with E-state index in [9.17, 15) is 4.79 Å². The van der Waals surface area contributed by atoms with E-state index in [0.717, 1.165) is 17.3 Å². The topological polar surface area (TPSA) is 40.5 Å². The van der Waals surface area contributed by atoms with Gasteiger partial charge in [-0.3, -0.25) is 4.90 Å². The Morgan fingerprint density at radius 1 is 1.58 bits per heavy atom. The molecule has 0 radical (unpaired) electrons. The van der Waals surface area contributed by atoms with Crippen molar-refractivity contribution >= 4 is 23.4 Å². The Balaban J connectivity index is 1.85. The third kappa shape index (κ3) is 4.48.